The Kier molecular flexibility index (Phi) is 5.24. The van der Waals surface area contributed by atoms with E-state index in [1.807, 2.05) is 0 Å². The van der Waals surface area contributed by atoms with Crippen LogP contribution in [0.5, 0.6) is 0 Å². The van der Waals surface area contributed by atoms with E-state index in [1.54, 1.807) is 42.5 Å². The molecule has 1 aliphatic carbocycles. The molecule has 1 aromatic heterocycles. The molecule has 0 unspecified atom stereocenters. The Labute approximate surface area is 178 Å². The molecule has 1 aliphatic rings. The van der Waals surface area contributed by atoms with E-state index in [1.165, 1.54) is 23.0 Å². The van der Waals surface area contributed by atoms with E-state index in [4.69, 9.17) is 5.73 Å². The molecule has 3 aromatic rings. The average molecular weight is 440 g/mol. The van der Waals surface area contributed by atoms with Crippen molar-refractivity contribution in [3.8, 4) is 5.69 Å². The van der Waals surface area contributed by atoms with E-state index < -0.39 is 28.4 Å². The zero-order valence-electron chi connectivity index (χ0n) is 16.4. The minimum absolute atomic E-state index is 0.0209. The van der Waals surface area contributed by atoms with Gasteiger partial charge in [0.05, 0.1) is 28.2 Å². The summed E-state index contributed by atoms with van der Waals surface area (Å²) in [6.07, 6.45) is 3.02. The molecule has 1 saturated carbocycles. The summed E-state index contributed by atoms with van der Waals surface area (Å²) in [5, 5.41) is 13.7. The number of aromatic carboxylic acids is 1. The lowest BCUT2D eigenvalue weighted by Gasteiger charge is -2.24. The molecule has 160 valence electrons. The number of primary amides is 1. The van der Waals surface area contributed by atoms with Crippen molar-refractivity contribution >= 4 is 27.6 Å². The van der Waals surface area contributed by atoms with Crippen LogP contribution in [0.3, 0.4) is 0 Å². The van der Waals surface area contributed by atoms with Crippen molar-refractivity contribution in [1.29, 1.82) is 0 Å². The Bertz CT molecular complexity index is 1250. The van der Waals surface area contributed by atoms with E-state index in [2.05, 4.69) is 5.10 Å². The van der Waals surface area contributed by atoms with E-state index in [0.717, 1.165) is 17.1 Å². The summed E-state index contributed by atoms with van der Waals surface area (Å²) in [6, 6.07) is 14.2. The molecule has 1 fully saturated rings. The maximum atomic E-state index is 13.2. The van der Waals surface area contributed by atoms with Crippen LogP contribution in [0.25, 0.3) is 5.69 Å². The first-order chi connectivity index (χ1) is 14.8. The largest absolute Gasteiger partial charge is 0.478 e. The molecule has 0 atom stereocenters. The van der Waals surface area contributed by atoms with Crippen molar-refractivity contribution in [3.63, 3.8) is 0 Å². The van der Waals surface area contributed by atoms with Crippen LogP contribution < -0.4 is 10.0 Å². The number of sulfonamides is 1. The quantitative estimate of drug-likeness (QED) is 0.551. The van der Waals surface area contributed by atoms with Gasteiger partial charge in [-0.15, -0.1) is 0 Å². The first-order valence-corrected chi connectivity index (χ1v) is 11.0. The van der Waals surface area contributed by atoms with Gasteiger partial charge < -0.3 is 10.8 Å². The molecule has 1 heterocycles. The lowest BCUT2D eigenvalue weighted by atomic mass is 10.1. The summed E-state index contributed by atoms with van der Waals surface area (Å²) >= 11 is 0. The highest BCUT2D eigenvalue weighted by molar-refractivity contribution is 7.92. The smallest absolute Gasteiger partial charge is 0.339 e. The second-order valence-corrected chi connectivity index (χ2v) is 9.11. The number of amides is 1. The van der Waals surface area contributed by atoms with Crippen LogP contribution in [0.4, 0.5) is 5.69 Å². The minimum Gasteiger partial charge on any atom is -0.478 e. The summed E-state index contributed by atoms with van der Waals surface area (Å²) in [5.74, 6) is -1.78. The molecule has 4 rings (SSSR count). The second kappa shape index (κ2) is 7.88. The predicted octanol–water partition coefficient (Wildman–Crippen LogP) is 2.13. The van der Waals surface area contributed by atoms with Crippen molar-refractivity contribution in [3.05, 3.63) is 72.1 Å². The third kappa shape index (κ3) is 4.02. The molecular weight excluding hydrogens is 420 g/mol. The van der Waals surface area contributed by atoms with E-state index in [9.17, 15) is 23.1 Å². The van der Waals surface area contributed by atoms with Gasteiger partial charge in [-0.25, -0.2) is 17.9 Å². The average Bonchev–Trinajstić information content (AvgIpc) is 3.49. The number of carboxylic acid groups (broad SMARTS) is 1. The number of nitrogens with two attached hydrogens (primary N) is 1. The van der Waals surface area contributed by atoms with Crippen LogP contribution in [0, 0.1) is 0 Å². The fourth-order valence-corrected chi connectivity index (χ4v) is 4.88. The highest BCUT2D eigenvalue weighted by atomic mass is 32.2. The Morgan fingerprint density at radius 1 is 1.13 bits per heavy atom. The number of hydrogen-bond acceptors (Lipinski definition) is 5. The normalized spacial score (nSPS) is 13.7. The molecule has 1 amide bonds. The highest BCUT2D eigenvalue weighted by Gasteiger charge is 2.33. The van der Waals surface area contributed by atoms with Gasteiger partial charge in [-0.3, -0.25) is 9.10 Å². The summed E-state index contributed by atoms with van der Waals surface area (Å²) in [5.41, 5.74) is 6.75. The van der Waals surface area contributed by atoms with Gasteiger partial charge in [0.2, 0.25) is 5.91 Å². The molecule has 0 spiro atoms. The molecule has 10 heteroatoms. The molecule has 0 saturated heterocycles. The standard InChI is InChI=1S/C21H20N4O5S/c22-19(26)13-24(31(29,30)17-7-2-1-3-8-17)15-5-4-6-16(11-15)25-20(14-9-10-14)18(12-23-25)21(27)28/h1-8,11-12,14H,9-10,13H2,(H2,22,26)(H,27,28). The number of carboxylic acids is 1. The van der Waals surface area contributed by atoms with E-state index in [-0.39, 0.29) is 22.1 Å². The molecule has 31 heavy (non-hydrogen) atoms. The summed E-state index contributed by atoms with van der Waals surface area (Å²) < 4.78 is 28.9. The zero-order chi connectivity index (χ0) is 22.2. The lowest BCUT2D eigenvalue weighted by Crippen LogP contribution is -2.38. The third-order valence-electron chi connectivity index (χ3n) is 4.99. The van der Waals surface area contributed by atoms with Crippen LogP contribution >= 0.6 is 0 Å². The van der Waals surface area contributed by atoms with Crippen molar-refractivity contribution in [1.82, 2.24) is 9.78 Å². The van der Waals surface area contributed by atoms with Crippen molar-refractivity contribution in [2.45, 2.75) is 23.7 Å². The topological polar surface area (TPSA) is 136 Å². The monoisotopic (exact) mass is 440 g/mol. The molecule has 0 aliphatic heterocycles. The Morgan fingerprint density at radius 2 is 1.84 bits per heavy atom. The van der Waals surface area contributed by atoms with E-state index >= 15 is 0 Å². The maximum Gasteiger partial charge on any atom is 0.339 e. The van der Waals surface area contributed by atoms with Crippen molar-refractivity contribution < 1.29 is 23.1 Å². The van der Waals surface area contributed by atoms with E-state index in [0.29, 0.717) is 11.4 Å². The third-order valence-corrected chi connectivity index (χ3v) is 6.78. The number of carbonyl (C=O) groups excluding carboxylic acids is 1. The Balaban J connectivity index is 1.81. The molecule has 0 bridgehead atoms. The fourth-order valence-electron chi connectivity index (χ4n) is 3.43. The zero-order valence-corrected chi connectivity index (χ0v) is 17.2. The summed E-state index contributed by atoms with van der Waals surface area (Å²) in [6.45, 7) is -0.546. The Morgan fingerprint density at radius 3 is 2.45 bits per heavy atom. The van der Waals surface area contributed by atoms with Crippen LogP contribution in [0.2, 0.25) is 0 Å². The summed E-state index contributed by atoms with van der Waals surface area (Å²) in [4.78, 5) is 23.3. The van der Waals surface area contributed by atoms with Gasteiger partial charge in [0.25, 0.3) is 10.0 Å². The number of anilines is 1. The number of aromatic nitrogens is 2. The number of benzene rings is 2. The van der Waals surface area contributed by atoms with Crippen LogP contribution in [0.15, 0.2) is 65.7 Å². The first kappa shape index (κ1) is 20.6. The van der Waals surface area contributed by atoms with Gasteiger partial charge in [0.1, 0.15) is 12.1 Å². The number of carbonyl (C=O) groups is 2. The summed E-state index contributed by atoms with van der Waals surface area (Å²) in [7, 11) is -4.06. The Hall–Kier alpha value is -3.66. The number of rotatable bonds is 8. The maximum absolute atomic E-state index is 13.2. The van der Waals surface area contributed by atoms with Gasteiger partial charge in [0, 0.05) is 5.92 Å². The molecule has 0 radical (unpaired) electrons. The van der Waals surface area contributed by atoms with Crippen LogP contribution in [-0.4, -0.2) is 41.7 Å². The van der Waals surface area contributed by atoms with Gasteiger partial charge >= 0.3 is 5.97 Å². The molecule has 9 nitrogen and oxygen atoms in total. The second-order valence-electron chi connectivity index (χ2n) is 7.25. The molecule has 3 N–H and O–H groups in total. The lowest BCUT2D eigenvalue weighted by molar-refractivity contribution is -0.116. The number of hydrogen-bond donors (Lipinski definition) is 2. The molecule has 2 aromatic carbocycles. The van der Waals surface area contributed by atoms with Crippen molar-refractivity contribution in [2.75, 3.05) is 10.8 Å². The van der Waals surface area contributed by atoms with Crippen LogP contribution in [-0.2, 0) is 14.8 Å². The van der Waals surface area contributed by atoms with Crippen molar-refractivity contribution in [2.24, 2.45) is 5.73 Å². The predicted molar refractivity (Wildman–Crippen MR) is 113 cm³/mol. The van der Waals surface area contributed by atoms with Gasteiger partial charge in [0.15, 0.2) is 0 Å². The van der Waals surface area contributed by atoms with Gasteiger partial charge in [-0.05, 0) is 43.2 Å². The minimum atomic E-state index is -4.06. The first-order valence-electron chi connectivity index (χ1n) is 9.57. The van der Waals surface area contributed by atoms with Gasteiger partial charge in [-0.1, -0.05) is 24.3 Å². The highest BCUT2D eigenvalue weighted by Crippen LogP contribution is 2.42. The van der Waals surface area contributed by atoms with Crippen LogP contribution in [0.1, 0.15) is 34.8 Å². The molecular formula is C21H20N4O5S. The van der Waals surface area contributed by atoms with Gasteiger partial charge in [-0.2, -0.15) is 5.10 Å². The SMILES string of the molecule is NC(=O)CN(c1cccc(-n2ncc(C(=O)O)c2C2CC2)c1)S(=O)(=O)c1ccccc1. The number of nitrogens with zero attached hydrogens (tertiary/aromatic N) is 3. The fraction of sp³-hybridized carbons (Fsp3) is 0.190.